The second-order valence-electron chi connectivity index (χ2n) is 5.29. The molecule has 6 heteroatoms. The van der Waals surface area contributed by atoms with Crippen LogP contribution in [0.2, 0.25) is 0 Å². The van der Waals surface area contributed by atoms with Gasteiger partial charge >= 0.3 is 0 Å². The second-order valence-corrected chi connectivity index (χ2v) is 7.81. The Kier molecular flexibility index (Phi) is 4.35. The lowest BCUT2D eigenvalue weighted by molar-refractivity contribution is -0.119. The van der Waals surface area contributed by atoms with E-state index in [0.29, 0.717) is 5.25 Å². The number of amides is 1. The van der Waals surface area contributed by atoms with Crippen LogP contribution >= 0.6 is 23.1 Å². The van der Waals surface area contributed by atoms with Crippen molar-refractivity contribution in [3.63, 3.8) is 0 Å². The normalized spacial score (nSPS) is 20.8. The van der Waals surface area contributed by atoms with Gasteiger partial charge in [0.25, 0.3) is 0 Å². The number of hydrogen-bond donors (Lipinski definition) is 0. The number of rotatable bonds is 4. The minimum atomic E-state index is 0.0519. The largest absolute Gasteiger partial charge is 0.309 e. The molecular weight excluding hydrogens is 302 g/mol. The van der Waals surface area contributed by atoms with Crippen LogP contribution in [0.25, 0.3) is 0 Å². The van der Waals surface area contributed by atoms with E-state index >= 15 is 0 Å². The lowest BCUT2D eigenvalue weighted by Gasteiger charge is -2.32. The van der Waals surface area contributed by atoms with Gasteiger partial charge in [-0.25, -0.2) is 0 Å². The number of carbonyl (C=O) groups excluding carboxylic acids is 1. The third-order valence-electron chi connectivity index (χ3n) is 3.70. The van der Waals surface area contributed by atoms with Crippen molar-refractivity contribution in [2.45, 2.75) is 30.3 Å². The Balaban J connectivity index is 1.70. The van der Waals surface area contributed by atoms with Crippen LogP contribution in [0.4, 0.5) is 5.69 Å². The van der Waals surface area contributed by atoms with Crippen LogP contribution in [0.3, 0.4) is 0 Å². The molecule has 0 saturated carbocycles. The zero-order valence-corrected chi connectivity index (χ0v) is 13.9. The zero-order chi connectivity index (χ0) is 14.8. The number of aromatic nitrogens is 2. The van der Waals surface area contributed by atoms with E-state index in [4.69, 9.17) is 0 Å². The molecule has 2 aromatic rings. The van der Waals surface area contributed by atoms with E-state index in [1.165, 1.54) is 4.88 Å². The molecule has 1 aliphatic heterocycles. The Morgan fingerprint density at radius 3 is 3.05 bits per heavy atom. The van der Waals surface area contributed by atoms with Gasteiger partial charge in [0.2, 0.25) is 5.91 Å². The molecule has 0 aromatic carbocycles. The van der Waals surface area contributed by atoms with E-state index in [0.717, 1.165) is 25.1 Å². The Hall–Kier alpha value is -1.27. The van der Waals surface area contributed by atoms with Gasteiger partial charge in [-0.2, -0.15) is 5.10 Å². The summed E-state index contributed by atoms with van der Waals surface area (Å²) in [6.45, 7) is 2.99. The molecule has 0 spiro atoms. The summed E-state index contributed by atoms with van der Waals surface area (Å²) in [5.74, 6) is 0.225. The van der Waals surface area contributed by atoms with Crippen molar-refractivity contribution in [2.24, 2.45) is 7.05 Å². The van der Waals surface area contributed by atoms with E-state index in [9.17, 15) is 4.79 Å². The number of nitrogens with zero attached hydrogens (tertiary/aromatic N) is 3. The molecule has 3 rings (SSSR count). The number of thioether (sulfide) groups is 1. The van der Waals surface area contributed by atoms with E-state index in [-0.39, 0.29) is 11.2 Å². The molecule has 21 heavy (non-hydrogen) atoms. The first-order valence-corrected chi connectivity index (χ1v) is 8.96. The van der Waals surface area contributed by atoms with Gasteiger partial charge in [0.15, 0.2) is 0 Å². The lowest BCUT2D eigenvalue weighted by Crippen LogP contribution is -2.43. The van der Waals surface area contributed by atoms with Crippen LogP contribution < -0.4 is 4.90 Å². The van der Waals surface area contributed by atoms with Crippen LogP contribution in [-0.2, 0) is 11.8 Å². The minimum Gasteiger partial charge on any atom is -0.309 e. The fourth-order valence-corrected chi connectivity index (χ4v) is 4.86. The summed E-state index contributed by atoms with van der Waals surface area (Å²) in [5.41, 5.74) is 0.913. The molecule has 1 aliphatic rings. The molecule has 2 atom stereocenters. The number of carbonyl (C=O) groups is 1. The fraction of sp³-hybridized carbons (Fsp3) is 0.467. The highest BCUT2D eigenvalue weighted by molar-refractivity contribution is 8.00. The third kappa shape index (κ3) is 3.16. The first-order valence-electron chi connectivity index (χ1n) is 7.14. The topological polar surface area (TPSA) is 38.1 Å². The Morgan fingerprint density at radius 2 is 2.38 bits per heavy atom. The SMILES string of the molecule is C[C@H](S[C@@H]1CCCN(c2cnn(C)c2)C1=O)c1cccs1. The van der Waals surface area contributed by atoms with E-state index in [1.807, 2.05) is 18.1 Å². The average Bonchev–Trinajstić information content (AvgIpc) is 3.12. The van der Waals surface area contributed by atoms with Gasteiger partial charge in [-0.3, -0.25) is 9.48 Å². The van der Waals surface area contributed by atoms with Gasteiger partial charge in [-0.1, -0.05) is 6.07 Å². The van der Waals surface area contributed by atoms with Gasteiger partial charge in [0, 0.05) is 29.9 Å². The van der Waals surface area contributed by atoms with Gasteiger partial charge in [0.1, 0.15) is 0 Å². The first kappa shape index (κ1) is 14.7. The fourth-order valence-electron chi connectivity index (χ4n) is 2.61. The van der Waals surface area contributed by atoms with Crippen molar-refractivity contribution in [1.82, 2.24) is 9.78 Å². The first-order chi connectivity index (χ1) is 10.1. The number of thiophene rings is 1. The summed E-state index contributed by atoms with van der Waals surface area (Å²) in [6.07, 6.45) is 5.70. The Morgan fingerprint density at radius 1 is 1.52 bits per heavy atom. The second kappa shape index (κ2) is 6.23. The van der Waals surface area contributed by atoms with Crippen LogP contribution in [0.5, 0.6) is 0 Å². The molecule has 0 unspecified atom stereocenters. The summed E-state index contributed by atoms with van der Waals surface area (Å²) in [5, 5.41) is 6.69. The molecule has 1 amide bonds. The van der Waals surface area contributed by atoms with Crippen LogP contribution in [0, 0.1) is 0 Å². The molecule has 0 bridgehead atoms. The average molecular weight is 321 g/mol. The van der Waals surface area contributed by atoms with Gasteiger partial charge < -0.3 is 4.90 Å². The molecule has 4 nitrogen and oxygen atoms in total. The van der Waals surface area contributed by atoms with Gasteiger partial charge in [0.05, 0.1) is 17.1 Å². The minimum absolute atomic E-state index is 0.0519. The molecular formula is C15H19N3OS2. The molecule has 0 aliphatic carbocycles. The molecule has 112 valence electrons. The highest BCUT2D eigenvalue weighted by atomic mass is 32.2. The summed E-state index contributed by atoms with van der Waals surface area (Å²) < 4.78 is 1.74. The van der Waals surface area contributed by atoms with Gasteiger partial charge in [-0.05, 0) is 31.2 Å². The quantitative estimate of drug-likeness (QED) is 0.865. The summed E-state index contributed by atoms with van der Waals surface area (Å²) in [4.78, 5) is 15.9. The number of hydrogen-bond acceptors (Lipinski definition) is 4. The van der Waals surface area contributed by atoms with Crippen molar-refractivity contribution < 1.29 is 4.79 Å². The van der Waals surface area contributed by atoms with Crippen LogP contribution in [0.15, 0.2) is 29.9 Å². The van der Waals surface area contributed by atoms with Crippen molar-refractivity contribution >= 4 is 34.7 Å². The maximum Gasteiger partial charge on any atom is 0.240 e. The van der Waals surface area contributed by atoms with E-state index in [1.54, 1.807) is 34.0 Å². The molecule has 2 aromatic heterocycles. The number of anilines is 1. The molecule has 3 heterocycles. The predicted molar refractivity (Wildman–Crippen MR) is 88.9 cm³/mol. The van der Waals surface area contributed by atoms with E-state index < -0.39 is 0 Å². The Bertz CT molecular complexity index is 608. The highest BCUT2D eigenvalue weighted by Crippen LogP contribution is 2.38. The monoisotopic (exact) mass is 321 g/mol. The summed E-state index contributed by atoms with van der Waals surface area (Å²) >= 11 is 3.55. The van der Waals surface area contributed by atoms with Crippen molar-refractivity contribution in [3.8, 4) is 0 Å². The number of piperidine rings is 1. The number of aryl methyl sites for hydroxylation is 1. The molecule has 1 fully saturated rings. The Labute approximate surface area is 133 Å². The van der Waals surface area contributed by atoms with Crippen molar-refractivity contribution in [1.29, 1.82) is 0 Å². The summed E-state index contributed by atoms with van der Waals surface area (Å²) in [6, 6.07) is 4.22. The molecule has 1 saturated heterocycles. The zero-order valence-electron chi connectivity index (χ0n) is 12.2. The molecule has 0 N–H and O–H groups in total. The van der Waals surface area contributed by atoms with Gasteiger partial charge in [-0.15, -0.1) is 23.1 Å². The molecule has 0 radical (unpaired) electrons. The van der Waals surface area contributed by atoms with Crippen molar-refractivity contribution in [3.05, 3.63) is 34.8 Å². The highest BCUT2D eigenvalue weighted by Gasteiger charge is 2.32. The lowest BCUT2D eigenvalue weighted by atomic mass is 10.1. The standard InChI is InChI=1S/C15H19N3OS2/c1-11(13-6-4-8-20-13)21-14-5-3-7-18(15(14)19)12-9-16-17(2)10-12/h4,6,8-11,14H,3,5,7H2,1-2H3/t11-,14+/m0/s1. The van der Waals surface area contributed by atoms with Crippen LogP contribution in [-0.4, -0.2) is 27.5 Å². The van der Waals surface area contributed by atoms with Crippen LogP contribution in [0.1, 0.15) is 29.9 Å². The van der Waals surface area contributed by atoms with E-state index in [2.05, 4.69) is 29.5 Å². The third-order valence-corrected chi connectivity index (χ3v) is 6.34. The van der Waals surface area contributed by atoms with Crippen molar-refractivity contribution in [2.75, 3.05) is 11.4 Å². The maximum atomic E-state index is 12.7. The summed E-state index contributed by atoms with van der Waals surface area (Å²) in [7, 11) is 1.88. The maximum absolute atomic E-state index is 12.7. The smallest absolute Gasteiger partial charge is 0.240 e. The predicted octanol–water partition coefficient (Wildman–Crippen LogP) is 3.47.